The van der Waals surface area contributed by atoms with Crippen LogP contribution in [0.25, 0.3) is 0 Å². The Kier molecular flexibility index (Phi) is 44.2. The average molecular weight is 2110 g/mol. The Morgan fingerprint density at radius 2 is 0.324 bits per heavy atom. The van der Waals surface area contributed by atoms with E-state index in [9.17, 15) is 220 Å². The quantitative estimate of drug-likeness (QED) is 0.0411. The molecule has 30 heterocycles. The van der Waals surface area contributed by atoms with E-state index >= 15 is 0 Å². The minimum atomic E-state index is -5.77. The van der Waals surface area contributed by atoms with Crippen LogP contribution in [0.5, 0.6) is 0 Å². The number of halogens is 24. The standard InChI is InChI=1S/C51H92N8O32.4C4F6O2/c1-2-3-75-43-34(74)42-19(11-59)83-51(43)91-41-18(10-58)82-49(33(73)26(41)66)89-39-16(8-56)80-47(31(71)24(39)64)87-37-14(6-54)78-45(29(69)22(37)62)85-35-12(4-52)76-44(27(67)20(35)60)84-36-13(5-53)77-46(28(68)21(36)61)86-38-15(7-55)79-48(30(70)23(38)63)88-40-17(9-57)81-50(90-42)32(72)25(40)65;4*5-3(6,7)1(11)2(12)4(8,9)10/h2,12-51,60-74H,1,3-11,52-59H2;;;;. The molecule has 30 saturated heterocycles. The van der Waals surface area contributed by atoms with E-state index < -0.39 is 394 Å². The Balaban J connectivity index is 0.000000574. The van der Waals surface area contributed by atoms with E-state index in [1.807, 2.05) is 0 Å². The Morgan fingerprint density at radius 1 is 0.209 bits per heavy atom. The molecule has 0 aromatic carbocycles. The summed E-state index contributed by atoms with van der Waals surface area (Å²) < 4.78 is 370. The molecule has 139 heavy (non-hydrogen) atoms. The molecule has 0 aromatic rings. The van der Waals surface area contributed by atoms with Gasteiger partial charge in [0.25, 0.3) is 0 Å². The maximum atomic E-state index is 12.0. The van der Waals surface area contributed by atoms with E-state index in [4.69, 9.17) is 126 Å². The minimum Gasteiger partial charge on any atom is -0.387 e. The third kappa shape index (κ3) is 30.5. The Morgan fingerprint density at radius 3 is 0.439 bits per heavy atom. The molecule has 0 aliphatic carbocycles. The van der Waals surface area contributed by atoms with Gasteiger partial charge < -0.3 is 203 Å². The van der Waals surface area contributed by atoms with Crippen LogP contribution in [0.1, 0.15) is 0 Å². The number of carbonyl (C=O) groups is 8. The first-order chi connectivity index (χ1) is 63.7. The van der Waals surface area contributed by atoms with Crippen molar-refractivity contribution in [2.75, 3.05) is 59.0 Å². The Labute approximate surface area is 758 Å². The van der Waals surface area contributed by atoms with Gasteiger partial charge in [0.1, 0.15) is 195 Å². The van der Waals surface area contributed by atoms with Crippen LogP contribution in [0.4, 0.5) is 105 Å². The predicted molar refractivity (Wildman–Crippen MR) is 379 cm³/mol. The first kappa shape index (κ1) is 123. The van der Waals surface area contributed by atoms with Crippen LogP contribution in [0.2, 0.25) is 0 Å². The summed E-state index contributed by atoms with van der Waals surface area (Å²) in [7, 11) is 0. The number of ether oxygens (including phenoxy) is 17. The van der Waals surface area contributed by atoms with Gasteiger partial charge in [0, 0.05) is 52.4 Å². The molecule has 0 spiro atoms. The number of carbonyl (C=O) groups excluding carboxylic acids is 8. The summed E-state index contributed by atoms with van der Waals surface area (Å²) in [4.78, 5) is 76.9. The van der Waals surface area contributed by atoms with E-state index in [1.165, 1.54) is 6.08 Å². The van der Waals surface area contributed by atoms with E-state index in [2.05, 4.69) is 6.58 Å². The fourth-order valence-corrected chi connectivity index (χ4v) is 13.6. The number of hydrogen-bond donors (Lipinski definition) is 23. The molecular formula is C67H92F24N8O40. The van der Waals surface area contributed by atoms with Crippen LogP contribution in [-0.4, -0.2) is 477 Å². The number of ketones is 8. The van der Waals surface area contributed by atoms with Crippen LogP contribution in [0, 0.1) is 0 Å². The maximum absolute atomic E-state index is 12.0. The molecule has 31 N–H and O–H groups in total. The van der Waals surface area contributed by atoms with Crippen LogP contribution in [-0.2, 0) is 119 Å². The van der Waals surface area contributed by atoms with Crippen molar-refractivity contribution in [3.05, 3.63) is 12.7 Å². The Hall–Kier alpha value is -6.18. The van der Waals surface area contributed by atoms with Gasteiger partial charge in [-0.3, -0.25) is 38.4 Å². The van der Waals surface area contributed by atoms with Gasteiger partial charge in [0.15, 0.2) is 50.3 Å². The summed E-state index contributed by atoms with van der Waals surface area (Å²) in [5.74, 6) is -27.3. The number of hydrogen-bond acceptors (Lipinski definition) is 48. The summed E-state index contributed by atoms with van der Waals surface area (Å²) in [5, 5.41) is 174. The highest BCUT2D eigenvalue weighted by Crippen LogP contribution is 2.42. The lowest BCUT2D eigenvalue weighted by atomic mass is 9.94. The lowest BCUT2D eigenvalue weighted by Gasteiger charge is -2.51. The number of rotatable bonds is 15. The monoisotopic (exact) mass is 2100 g/mol. The topological polar surface area (TPSA) is 805 Å². The number of Topliss-reactive ketones (excluding diaryl/α,β-unsaturated/α-hetero) is 8. The molecule has 0 aromatic heterocycles. The molecule has 30 rings (SSSR count). The van der Waals surface area contributed by atoms with Gasteiger partial charge in [-0.15, -0.1) is 6.58 Å². The third-order valence-electron chi connectivity index (χ3n) is 20.6. The van der Waals surface area contributed by atoms with Gasteiger partial charge in [-0.1, -0.05) is 6.08 Å². The molecule has 30 aliphatic heterocycles. The molecule has 16 bridgehead atoms. The van der Waals surface area contributed by atoms with Gasteiger partial charge in [-0.05, 0) is 0 Å². The van der Waals surface area contributed by atoms with Crippen molar-refractivity contribution >= 4 is 46.3 Å². The van der Waals surface area contributed by atoms with E-state index in [-0.39, 0.29) is 6.61 Å². The van der Waals surface area contributed by atoms with Crippen molar-refractivity contribution in [3.63, 3.8) is 0 Å². The zero-order chi connectivity index (χ0) is 107. The molecular weight excluding hydrogens is 2010 g/mol. The number of aliphatic hydroxyl groups excluding tert-OH is 15. The maximum Gasteiger partial charge on any atom is 0.458 e. The minimum absolute atomic E-state index is 0.272. The highest BCUT2D eigenvalue weighted by Gasteiger charge is 2.64. The third-order valence-corrected chi connectivity index (χ3v) is 20.6. The van der Waals surface area contributed by atoms with Crippen LogP contribution in [0.15, 0.2) is 12.7 Å². The van der Waals surface area contributed by atoms with Gasteiger partial charge in [-0.25, -0.2) is 0 Å². The van der Waals surface area contributed by atoms with Crippen LogP contribution >= 0.6 is 0 Å². The first-order valence-corrected chi connectivity index (χ1v) is 39.1. The fraction of sp³-hybridized carbons (Fsp3) is 0.851. The average Bonchev–Trinajstić information content (AvgIpc) is 0.767. The molecule has 0 saturated carbocycles. The molecule has 0 radical (unpaired) electrons. The lowest BCUT2D eigenvalue weighted by Crippen LogP contribution is -2.69. The first-order valence-electron chi connectivity index (χ1n) is 39.1. The smallest absolute Gasteiger partial charge is 0.387 e. The largest absolute Gasteiger partial charge is 0.458 e. The summed E-state index contributed by atoms with van der Waals surface area (Å²) >= 11 is 0. The van der Waals surface area contributed by atoms with Gasteiger partial charge >= 0.3 is 95.7 Å². The highest BCUT2D eigenvalue weighted by molar-refractivity contribution is 6.42. The van der Waals surface area contributed by atoms with Crippen molar-refractivity contribution in [2.24, 2.45) is 45.9 Å². The molecule has 48 nitrogen and oxygen atoms in total. The molecule has 40 atom stereocenters. The zero-order valence-electron chi connectivity index (χ0n) is 69.3. The molecule has 0 amide bonds. The second-order valence-corrected chi connectivity index (χ2v) is 30.1. The molecule has 30 aliphatic rings. The summed E-state index contributed by atoms with van der Waals surface area (Å²) in [6.45, 7) is -0.491. The van der Waals surface area contributed by atoms with Crippen molar-refractivity contribution in [1.82, 2.24) is 0 Å². The zero-order valence-corrected chi connectivity index (χ0v) is 69.3. The second kappa shape index (κ2) is 49.8. The van der Waals surface area contributed by atoms with Crippen LogP contribution < -0.4 is 45.9 Å². The van der Waals surface area contributed by atoms with E-state index in [0.717, 1.165) is 0 Å². The van der Waals surface area contributed by atoms with Crippen molar-refractivity contribution in [1.29, 1.82) is 0 Å². The lowest BCUT2D eigenvalue weighted by molar-refractivity contribution is -0.399. The number of alkyl halides is 24. The molecule has 808 valence electrons. The predicted octanol–water partition coefficient (Wildman–Crippen LogP) is -11.5. The summed E-state index contributed by atoms with van der Waals surface area (Å²) in [5.41, 5.74) is 48.7. The van der Waals surface area contributed by atoms with Crippen molar-refractivity contribution < 1.29 is 301 Å². The summed E-state index contributed by atoms with van der Waals surface area (Å²) in [6.07, 6.45) is -117. The van der Waals surface area contributed by atoms with E-state index in [0.29, 0.717) is 0 Å². The second-order valence-electron chi connectivity index (χ2n) is 30.1. The van der Waals surface area contributed by atoms with Gasteiger partial charge in [0.2, 0.25) is 0 Å². The fourth-order valence-electron chi connectivity index (χ4n) is 13.6. The molecule has 40 unspecified atom stereocenters. The Bertz CT molecular complexity index is 3710. The van der Waals surface area contributed by atoms with E-state index in [1.54, 1.807) is 0 Å². The van der Waals surface area contributed by atoms with Gasteiger partial charge in [-0.2, -0.15) is 105 Å². The van der Waals surface area contributed by atoms with Crippen LogP contribution in [0.3, 0.4) is 0 Å². The summed E-state index contributed by atoms with van der Waals surface area (Å²) in [6, 6.07) is 0. The van der Waals surface area contributed by atoms with Crippen molar-refractivity contribution in [3.8, 4) is 0 Å². The normalized spacial score (nSPS) is 39.7. The van der Waals surface area contributed by atoms with Crippen molar-refractivity contribution in [2.45, 2.75) is 295 Å². The molecule has 72 heteroatoms. The number of aliphatic hydroxyl groups is 15. The highest BCUT2D eigenvalue weighted by atomic mass is 19.4. The van der Waals surface area contributed by atoms with Gasteiger partial charge in [0.05, 0.1) is 6.61 Å². The number of nitrogens with two attached hydrogens (primary N) is 8. The molecule has 30 fully saturated rings. The SMILES string of the molecule is C=CCOC1C2OC(CN)C(OC3OC(CN)C(OC4OC(CN)C(OC5OC(CN)C(OC6OC(CN)C(OC7OC(CN)C(OC8OC(CN)C(OC9OC(CN)C(O2)C(O)C9O)C(O)C8O)C(O)C7O)C(O)C6O)C(O)C5O)C(O)C4O)C(O)C3O)C1O.O=C(C(=O)C(F)(F)F)C(F)(F)F.O=C(C(=O)C(F)(F)F)C(F)(F)F.O=C(C(=O)C(F)(F)F)C(F)(F)F.O=C(C(=O)C(F)(F)F)C(F)(F)F.